The fourth-order valence-corrected chi connectivity index (χ4v) is 1.58. The lowest BCUT2D eigenvalue weighted by Gasteiger charge is -2.08. The number of hydrogen-bond acceptors (Lipinski definition) is 8. The Labute approximate surface area is 155 Å². The molecule has 154 valence electrons. The van der Waals surface area contributed by atoms with Gasteiger partial charge < -0.3 is 39.6 Å². The highest BCUT2D eigenvalue weighted by Gasteiger charge is 1.99. The molecule has 0 spiro atoms. The SMILES string of the molecule is CNCNC(=O)COCCOCCOCCOCCOCCNC(C)=O. The first kappa shape index (κ1) is 24.7. The Hall–Kier alpha value is -1.30. The molecule has 0 aromatic rings. The van der Waals surface area contributed by atoms with Gasteiger partial charge in [0.05, 0.1) is 66.1 Å². The highest BCUT2D eigenvalue weighted by molar-refractivity contribution is 5.77. The average Bonchev–Trinajstić information content (AvgIpc) is 2.62. The highest BCUT2D eigenvalue weighted by Crippen LogP contribution is 1.84. The van der Waals surface area contributed by atoms with E-state index in [4.69, 9.17) is 23.7 Å². The van der Waals surface area contributed by atoms with E-state index in [1.807, 2.05) is 0 Å². The van der Waals surface area contributed by atoms with Gasteiger partial charge in [-0.15, -0.1) is 0 Å². The Kier molecular flexibility index (Phi) is 19.0. The predicted molar refractivity (Wildman–Crippen MR) is 94.8 cm³/mol. The molecule has 0 unspecified atom stereocenters. The van der Waals surface area contributed by atoms with Crippen LogP contribution in [0.1, 0.15) is 6.92 Å². The first-order chi connectivity index (χ1) is 12.7. The van der Waals surface area contributed by atoms with Gasteiger partial charge in [0, 0.05) is 13.5 Å². The highest BCUT2D eigenvalue weighted by atomic mass is 16.6. The Bertz CT molecular complexity index is 346. The number of nitrogens with one attached hydrogen (secondary N) is 3. The van der Waals surface area contributed by atoms with Crippen molar-refractivity contribution in [1.29, 1.82) is 0 Å². The Balaban J connectivity index is 3.07. The van der Waals surface area contributed by atoms with E-state index in [1.54, 1.807) is 7.05 Å². The first-order valence-corrected chi connectivity index (χ1v) is 8.71. The number of amides is 2. The summed E-state index contributed by atoms with van der Waals surface area (Å²) in [4.78, 5) is 21.8. The smallest absolute Gasteiger partial charge is 0.246 e. The van der Waals surface area contributed by atoms with Crippen molar-refractivity contribution in [3.05, 3.63) is 0 Å². The van der Waals surface area contributed by atoms with Crippen LogP contribution in [0.4, 0.5) is 0 Å². The molecule has 0 heterocycles. The van der Waals surface area contributed by atoms with Crippen molar-refractivity contribution in [3.63, 3.8) is 0 Å². The zero-order valence-corrected chi connectivity index (χ0v) is 15.8. The Morgan fingerprint density at radius 2 is 1.15 bits per heavy atom. The van der Waals surface area contributed by atoms with Gasteiger partial charge in [-0.1, -0.05) is 0 Å². The van der Waals surface area contributed by atoms with Crippen LogP contribution in [-0.4, -0.2) is 98.1 Å². The van der Waals surface area contributed by atoms with Gasteiger partial charge in [0.15, 0.2) is 0 Å². The number of ether oxygens (including phenoxy) is 5. The van der Waals surface area contributed by atoms with Crippen LogP contribution >= 0.6 is 0 Å². The quantitative estimate of drug-likeness (QED) is 0.183. The standard InChI is InChI=1S/C16H33N3O7/c1-15(20)18-3-4-22-5-6-23-7-8-24-9-10-25-11-12-26-13-16(21)19-14-17-2/h17H,3-14H2,1-2H3,(H,18,20)(H,19,21). The van der Waals surface area contributed by atoms with Crippen molar-refractivity contribution >= 4 is 11.8 Å². The van der Waals surface area contributed by atoms with Gasteiger partial charge in [-0.3, -0.25) is 9.59 Å². The van der Waals surface area contributed by atoms with Gasteiger partial charge in [-0.25, -0.2) is 0 Å². The topological polar surface area (TPSA) is 116 Å². The number of rotatable bonds is 19. The molecule has 0 aromatic carbocycles. The lowest BCUT2D eigenvalue weighted by atomic mass is 10.6. The van der Waals surface area contributed by atoms with E-state index in [1.165, 1.54) is 6.92 Å². The van der Waals surface area contributed by atoms with Gasteiger partial charge in [0.1, 0.15) is 6.61 Å². The molecule has 0 bridgehead atoms. The largest absolute Gasteiger partial charge is 0.377 e. The van der Waals surface area contributed by atoms with Crippen LogP contribution in [0.2, 0.25) is 0 Å². The lowest BCUT2D eigenvalue weighted by molar-refractivity contribution is -0.126. The van der Waals surface area contributed by atoms with Crippen molar-refractivity contribution in [2.24, 2.45) is 0 Å². The maximum absolute atomic E-state index is 11.2. The van der Waals surface area contributed by atoms with E-state index >= 15 is 0 Å². The molecule has 0 fully saturated rings. The molecule has 26 heavy (non-hydrogen) atoms. The lowest BCUT2D eigenvalue weighted by Crippen LogP contribution is -2.34. The van der Waals surface area contributed by atoms with Crippen LogP contribution in [0.25, 0.3) is 0 Å². The summed E-state index contributed by atoms with van der Waals surface area (Å²) < 4.78 is 26.4. The molecule has 0 aliphatic carbocycles. The van der Waals surface area contributed by atoms with E-state index < -0.39 is 0 Å². The van der Waals surface area contributed by atoms with E-state index in [9.17, 15) is 9.59 Å². The number of carbonyl (C=O) groups is 2. The van der Waals surface area contributed by atoms with Crippen LogP contribution in [0.5, 0.6) is 0 Å². The zero-order chi connectivity index (χ0) is 19.3. The minimum Gasteiger partial charge on any atom is -0.377 e. The summed E-state index contributed by atoms with van der Waals surface area (Å²) >= 11 is 0. The van der Waals surface area contributed by atoms with Gasteiger partial charge in [-0.2, -0.15) is 0 Å². The molecule has 0 atom stereocenters. The van der Waals surface area contributed by atoms with E-state index in [2.05, 4.69) is 16.0 Å². The van der Waals surface area contributed by atoms with Crippen LogP contribution < -0.4 is 16.0 Å². The van der Waals surface area contributed by atoms with Gasteiger partial charge in [-0.05, 0) is 7.05 Å². The predicted octanol–water partition coefficient (Wildman–Crippen LogP) is -1.50. The molecular weight excluding hydrogens is 346 g/mol. The summed E-state index contributed by atoms with van der Waals surface area (Å²) in [6, 6.07) is 0. The molecule has 0 aliphatic heterocycles. The normalized spacial score (nSPS) is 10.7. The first-order valence-electron chi connectivity index (χ1n) is 8.71. The summed E-state index contributed by atoms with van der Waals surface area (Å²) in [6.07, 6.45) is 0. The van der Waals surface area contributed by atoms with Crippen LogP contribution in [-0.2, 0) is 33.3 Å². The Morgan fingerprint density at radius 1 is 0.692 bits per heavy atom. The maximum Gasteiger partial charge on any atom is 0.246 e. The molecule has 0 aromatic heterocycles. The molecule has 0 saturated carbocycles. The number of carbonyl (C=O) groups excluding carboxylic acids is 2. The molecule has 10 nitrogen and oxygen atoms in total. The molecule has 3 N–H and O–H groups in total. The molecule has 0 saturated heterocycles. The second-order valence-corrected chi connectivity index (χ2v) is 5.12. The van der Waals surface area contributed by atoms with Gasteiger partial charge in [0.2, 0.25) is 11.8 Å². The molecule has 0 rings (SSSR count). The van der Waals surface area contributed by atoms with Crippen LogP contribution in [0, 0.1) is 0 Å². The second-order valence-electron chi connectivity index (χ2n) is 5.12. The van der Waals surface area contributed by atoms with Crippen molar-refractivity contribution in [2.45, 2.75) is 6.92 Å². The fraction of sp³-hybridized carbons (Fsp3) is 0.875. The molecule has 2 amide bonds. The summed E-state index contributed by atoms with van der Waals surface area (Å²) in [5, 5.41) is 8.06. The fourth-order valence-electron chi connectivity index (χ4n) is 1.58. The summed E-state index contributed by atoms with van der Waals surface area (Å²) in [6.45, 7) is 6.53. The van der Waals surface area contributed by atoms with Crippen molar-refractivity contribution in [3.8, 4) is 0 Å². The van der Waals surface area contributed by atoms with E-state index in [-0.39, 0.29) is 18.4 Å². The third-order valence-electron chi connectivity index (χ3n) is 2.80. The molecule has 0 aliphatic rings. The monoisotopic (exact) mass is 379 g/mol. The summed E-state index contributed by atoms with van der Waals surface area (Å²) in [5.74, 6) is -0.230. The Morgan fingerprint density at radius 3 is 1.62 bits per heavy atom. The number of hydrogen-bond donors (Lipinski definition) is 3. The van der Waals surface area contributed by atoms with E-state index in [0.29, 0.717) is 72.7 Å². The minimum atomic E-state index is -0.166. The third kappa shape index (κ3) is 20.7. The molecule has 10 heteroatoms. The van der Waals surface area contributed by atoms with Crippen LogP contribution in [0.3, 0.4) is 0 Å². The van der Waals surface area contributed by atoms with Gasteiger partial charge >= 0.3 is 0 Å². The van der Waals surface area contributed by atoms with Crippen LogP contribution in [0.15, 0.2) is 0 Å². The third-order valence-corrected chi connectivity index (χ3v) is 2.80. The molecular formula is C16H33N3O7. The van der Waals surface area contributed by atoms with Crippen molar-refractivity contribution in [1.82, 2.24) is 16.0 Å². The van der Waals surface area contributed by atoms with E-state index in [0.717, 1.165) is 0 Å². The maximum atomic E-state index is 11.2. The second kappa shape index (κ2) is 20.0. The zero-order valence-electron chi connectivity index (χ0n) is 15.8. The average molecular weight is 379 g/mol. The van der Waals surface area contributed by atoms with Gasteiger partial charge in [0.25, 0.3) is 0 Å². The summed E-state index contributed by atoms with van der Waals surface area (Å²) in [7, 11) is 1.75. The summed E-state index contributed by atoms with van der Waals surface area (Å²) in [5.41, 5.74) is 0. The van der Waals surface area contributed by atoms with Crippen molar-refractivity contribution < 1.29 is 33.3 Å². The molecule has 0 radical (unpaired) electrons. The van der Waals surface area contributed by atoms with Crippen molar-refractivity contribution in [2.75, 3.05) is 86.3 Å². The minimum absolute atomic E-state index is 0.0236.